The molecule has 0 bridgehead atoms. The normalized spacial score (nSPS) is 10.8. The van der Waals surface area contributed by atoms with Crippen molar-refractivity contribution < 1.29 is 14.3 Å². The van der Waals surface area contributed by atoms with Crippen molar-refractivity contribution >= 4 is 57.6 Å². The Balaban J connectivity index is 1.55. The average molecular weight is 490 g/mol. The number of carbonyl (C=O) groups excluding carboxylic acids is 1. The molecule has 4 aromatic carbocycles. The summed E-state index contributed by atoms with van der Waals surface area (Å²) in [5.74, 6) is 0.542. The molecule has 0 aliphatic rings. The lowest BCUT2D eigenvalue weighted by atomic mass is 10.0. The van der Waals surface area contributed by atoms with E-state index in [2.05, 4.69) is 15.8 Å². The lowest BCUT2D eigenvalue weighted by Gasteiger charge is -2.11. The van der Waals surface area contributed by atoms with Crippen molar-refractivity contribution in [1.29, 1.82) is 0 Å². The molecule has 4 rings (SSSR count). The largest absolute Gasteiger partial charge is 0.497 e. The van der Waals surface area contributed by atoms with Crippen LogP contribution in [-0.2, 0) is 0 Å². The van der Waals surface area contributed by atoms with Gasteiger partial charge in [-0.2, -0.15) is 5.10 Å². The highest BCUT2D eigenvalue weighted by Crippen LogP contribution is 2.28. The summed E-state index contributed by atoms with van der Waals surface area (Å²) in [7, 11) is 1.61. The molecule has 0 aromatic heterocycles. The van der Waals surface area contributed by atoms with E-state index in [9.17, 15) is 4.79 Å². The standard InChI is InChI=1S/C26H20ClN3O3S/c1-32-19-13-11-18(12-14-19)29-26(34)30-28-16-22-20-7-3-2-6-17(20)10-15-24(22)33-25(31)21-8-4-5-9-23(21)27/h2-16H,1H3,(H2,29,30,34). The minimum atomic E-state index is -0.555. The van der Waals surface area contributed by atoms with E-state index in [1.54, 1.807) is 43.7 Å². The first kappa shape index (κ1) is 23.2. The minimum Gasteiger partial charge on any atom is -0.497 e. The van der Waals surface area contributed by atoms with Crippen LogP contribution in [0.2, 0.25) is 5.02 Å². The van der Waals surface area contributed by atoms with Crippen LogP contribution in [0.15, 0.2) is 90.0 Å². The van der Waals surface area contributed by atoms with Crippen molar-refractivity contribution in [2.45, 2.75) is 0 Å². The topological polar surface area (TPSA) is 71.9 Å². The number of rotatable bonds is 6. The molecule has 0 amide bonds. The van der Waals surface area contributed by atoms with E-state index in [1.165, 1.54) is 0 Å². The van der Waals surface area contributed by atoms with Gasteiger partial charge in [0.1, 0.15) is 11.5 Å². The Kier molecular flexibility index (Phi) is 7.37. The van der Waals surface area contributed by atoms with Gasteiger partial charge in [0, 0.05) is 11.3 Å². The van der Waals surface area contributed by atoms with Gasteiger partial charge in [-0.15, -0.1) is 0 Å². The monoisotopic (exact) mass is 489 g/mol. The molecule has 4 aromatic rings. The SMILES string of the molecule is COc1ccc(NC(=S)NN=Cc2c(OC(=O)c3ccccc3Cl)ccc3ccccc23)cc1. The summed E-state index contributed by atoms with van der Waals surface area (Å²) >= 11 is 11.5. The van der Waals surface area contributed by atoms with Gasteiger partial charge in [-0.1, -0.05) is 54.1 Å². The molecule has 0 unspecified atom stereocenters. The van der Waals surface area contributed by atoms with Crippen LogP contribution in [-0.4, -0.2) is 24.4 Å². The number of benzene rings is 4. The maximum Gasteiger partial charge on any atom is 0.345 e. The summed E-state index contributed by atoms with van der Waals surface area (Å²) in [6.45, 7) is 0. The number of esters is 1. The van der Waals surface area contributed by atoms with Gasteiger partial charge in [0.2, 0.25) is 0 Å². The molecule has 170 valence electrons. The van der Waals surface area contributed by atoms with Gasteiger partial charge in [0.25, 0.3) is 0 Å². The Bertz CT molecular complexity index is 1370. The molecule has 0 saturated heterocycles. The Morgan fingerprint density at radius 1 is 0.971 bits per heavy atom. The van der Waals surface area contributed by atoms with Crippen LogP contribution in [0.5, 0.6) is 11.5 Å². The van der Waals surface area contributed by atoms with Gasteiger partial charge in [0.15, 0.2) is 5.11 Å². The average Bonchev–Trinajstić information content (AvgIpc) is 2.85. The maximum atomic E-state index is 12.7. The second kappa shape index (κ2) is 10.8. The van der Waals surface area contributed by atoms with Crippen molar-refractivity contribution in [2.24, 2.45) is 5.10 Å². The van der Waals surface area contributed by atoms with Gasteiger partial charge in [-0.3, -0.25) is 5.43 Å². The quantitative estimate of drug-likeness (QED) is 0.113. The molecule has 0 radical (unpaired) electrons. The molecule has 0 atom stereocenters. The Morgan fingerprint density at radius 2 is 1.71 bits per heavy atom. The number of fused-ring (bicyclic) bond motifs is 1. The van der Waals surface area contributed by atoms with E-state index in [-0.39, 0.29) is 5.56 Å². The third-order valence-corrected chi connectivity index (χ3v) is 5.46. The third-order valence-electron chi connectivity index (χ3n) is 4.93. The van der Waals surface area contributed by atoms with Crippen LogP contribution < -0.4 is 20.2 Å². The lowest BCUT2D eigenvalue weighted by Crippen LogP contribution is -2.23. The van der Waals surface area contributed by atoms with Crippen LogP contribution >= 0.6 is 23.8 Å². The van der Waals surface area contributed by atoms with Crippen molar-refractivity contribution in [3.05, 3.63) is 101 Å². The molecule has 8 heteroatoms. The summed E-state index contributed by atoms with van der Waals surface area (Å²) in [5, 5.41) is 9.76. The molecule has 0 aliphatic carbocycles. The second-order valence-corrected chi connectivity index (χ2v) is 7.94. The maximum absolute atomic E-state index is 12.7. The fraction of sp³-hybridized carbons (Fsp3) is 0.0385. The van der Waals surface area contributed by atoms with E-state index >= 15 is 0 Å². The van der Waals surface area contributed by atoms with E-state index in [1.807, 2.05) is 54.6 Å². The predicted molar refractivity (Wildman–Crippen MR) is 140 cm³/mol. The molecule has 0 spiro atoms. The number of thiocarbonyl (C=S) groups is 1. The molecule has 6 nitrogen and oxygen atoms in total. The van der Waals surface area contributed by atoms with Crippen LogP contribution in [0.4, 0.5) is 5.69 Å². The number of nitrogens with one attached hydrogen (secondary N) is 2. The fourth-order valence-corrected chi connectivity index (χ4v) is 3.65. The van der Waals surface area contributed by atoms with Crippen molar-refractivity contribution in [1.82, 2.24) is 5.43 Å². The number of anilines is 1. The van der Waals surface area contributed by atoms with Crippen LogP contribution in [0, 0.1) is 0 Å². The molecule has 34 heavy (non-hydrogen) atoms. The molecule has 0 fully saturated rings. The van der Waals surface area contributed by atoms with Gasteiger partial charge >= 0.3 is 5.97 Å². The number of carbonyl (C=O) groups is 1. The summed E-state index contributed by atoms with van der Waals surface area (Å²) < 4.78 is 10.8. The highest BCUT2D eigenvalue weighted by molar-refractivity contribution is 7.80. The highest BCUT2D eigenvalue weighted by atomic mass is 35.5. The highest BCUT2D eigenvalue weighted by Gasteiger charge is 2.15. The number of nitrogens with zero attached hydrogens (tertiary/aromatic N) is 1. The Morgan fingerprint density at radius 3 is 2.47 bits per heavy atom. The molecule has 0 saturated carbocycles. The Hall–Kier alpha value is -3.94. The first-order valence-electron chi connectivity index (χ1n) is 10.3. The van der Waals surface area contributed by atoms with Gasteiger partial charge in [-0.05, 0) is 65.5 Å². The summed E-state index contributed by atoms with van der Waals surface area (Å²) in [4.78, 5) is 12.7. The number of halogens is 1. The van der Waals surface area contributed by atoms with Crippen LogP contribution in [0.25, 0.3) is 10.8 Å². The summed E-state index contributed by atoms with van der Waals surface area (Å²) in [6, 6.07) is 25.4. The van der Waals surface area contributed by atoms with Crippen LogP contribution in [0.3, 0.4) is 0 Å². The number of hydrogen-bond donors (Lipinski definition) is 2. The molecule has 0 aliphatic heterocycles. The Labute approximate surface area is 207 Å². The zero-order valence-corrected chi connectivity index (χ0v) is 19.7. The number of hydrazone groups is 1. The summed E-state index contributed by atoms with van der Waals surface area (Å²) in [5.41, 5.74) is 4.48. The fourth-order valence-electron chi connectivity index (χ4n) is 3.27. The number of hydrogen-bond acceptors (Lipinski definition) is 5. The first-order chi connectivity index (χ1) is 16.5. The van der Waals surface area contributed by atoms with Crippen LogP contribution in [0.1, 0.15) is 15.9 Å². The van der Waals surface area contributed by atoms with Crippen molar-refractivity contribution in [3.8, 4) is 11.5 Å². The summed E-state index contributed by atoms with van der Waals surface area (Å²) in [6.07, 6.45) is 1.57. The van der Waals surface area contributed by atoms with Crippen molar-refractivity contribution in [3.63, 3.8) is 0 Å². The molecular formula is C26H20ClN3O3S. The first-order valence-corrected chi connectivity index (χ1v) is 11.1. The number of methoxy groups -OCH3 is 1. The van der Waals surface area contributed by atoms with Gasteiger partial charge in [-0.25, -0.2) is 4.79 Å². The second-order valence-electron chi connectivity index (χ2n) is 7.12. The molecule has 0 heterocycles. The molecular weight excluding hydrogens is 470 g/mol. The van der Waals surface area contributed by atoms with E-state index in [0.717, 1.165) is 22.2 Å². The zero-order chi connectivity index (χ0) is 23.9. The smallest absolute Gasteiger partial charge is 0.345 e. The van der Waals surface area contributed by atoms with Crippen molar-refractivity contribution in [2.75, 3.05) is 12.4 Å². The van der Waals surface area contributed by atoms with E-state index < -0.39 is 5.97 Å². The zero-order valence-electron chi connectivity index (χ0n) is 18.1. The van der Waals surface area contributed by atoms with E-state index in [4.69, 9.17) is 33.3 Å². The predicted octanol–water partition coefficient (Wildman–Crippen LogP) is 6.04. The third kappa shape index (κ3) is 5.51. The lowest BCUT2D eigenvalue weighted by molar-refractivity contribution is 0.0735. The number of ether oxygens (including phenoxy) is 2. The van der Waals surface area contributed by atoms with E-state index in [0.29, 0.717) is 21.4 Å². The van der Waals surface area contributed by atoms with Gasteiger partial charge in [0.05, 0.1) is 23.9 Å². The van der Waals surface area contributed by atoms with Gasteiger partial charge < -0.3 is 14.8 Å². The molecule has 2 N–H and O–H groups in total. The minimum absolute atomic E-state index is 0.281.